The van der Waals surface area contributed by atoms with Gasteiger partial charge in [0.15, 0.2) is 23.2 Å². The molecular formula is C12H6ClF3N2O2. The van der Waals surface area contributed by atoms with Crippen molar-refractivity contribution in [3.8, 4) is 11.4 Å². The number of hydrogen-bond acceptors (Lipinski definition) is 3. The molecule has 8 heteroatoms. The third kappa shape index (κ3) is 2.44. The zero-order chi connectivity index (χ0) is 14.9. The Labute approximate surface area is 115 Å². The third-order valence-corrected chi connectivity index (χ3v) is 2.77. The Balaban J connectivity index is 2.60. The van der Waals surface area contributed by atoms with E-state index in [1.807, 2.05) is 0 Å². The molecule has 2 aromatic rings. The van der Waals surface area contributed by atoms with Crippen molar-refractivity contribution in [2.24, 2.45) is 0 Å². The second-order valence-electron chi connectivity index (χ2n) is 3.73. The second-order valence-corrected chi connectivity index (χ2v) is 4.14. The molecule has 4 nitrogen and oxygen atoms in total. The van der Waals surface area contributed by atoms with Crippen LogP contribution in [0.3, 0.4) is 0 Å². The van der Waals surface area contributed by atoms with E-state index in [9.17, 15) is 18.0 Å². The largest absolute Gasteiger partial charge is 0.476 e. The lowest BCUT2D eigenvalue weighted by molar-refractivity contribution is 0.0690. The number of halogens is 4. The van der Waals surface area contributed by atoms with Crippen molar-refractivity contribution < 1.29 is 23.1 Å². The van der Waals surface area contributed by atoms with Gasteiger partial charge in [-0.15, -0.1) is 0 Å². The maximum Gasteiger partial charge on any atom is 0.356 e. The van der Waals surface area contributed by atoms with Crippen molar-refractivity contribution in [3.63, 3.8) is 0 Å². The Morgan fingerprint density at radius 2 is 2.00 bits per heavy atom. The number of carbonyl (C=O) groups is 1. The molecular weight excluding hydrogens is 297 g/mol. The van der Waals surface area contributed by atoms with Crippen LogP contribution < -0.4 is 0 Å². The summed E-state index contributed by atoms with van der Waals surface area (Å²) in [6.45, 7) is -1.16. The van der Waals surface area contributed by atoms with Crippen molar-refractivity contribution in [3.05, 3.63) is 46.2 Å². The molecule has 0 amide bonds. The number of carboxylic acids is 1. The Morgan fingerprint density at radius 3 is 2.60 bits per heavy atom. The number of aromatic carboxylic acids is 1. The van der Waals surface area contributed by atoms with E-state index >= 15 is 0 Å². The Hall–Kier alpha value is -2.15. The molecule has 0 bridgehead atoms. The van der Waals surface area contributed by atoms with E-state index < -0.39 is 35.5 Å². The van der Waals surface area contributed by atoms with Crippen LogP contribution in [0, 0.1) is 11.6 Å². The van der Waals surface area contributed by atoms with Gasteiger partial charge >= 0.3 is 5.97 Å². The molecule has 20 heavy (non-hydrogen) atoms. The molecule has 0 aliphatic rings. The highest BCUT2D eigenvalue weighted by molar-refractivity contribution is 6.33. The predicted octanol–water partition coefficient (Wildman–Crippen LogP) is 3.24. The predicted molar refractivity (Wildman–Crippen MR) is 64.2 cm³/mol. The van der Waals surface area contributed by atoms with Gasteiger partial charge in [-0.2, -0.15) is 0 Å². The average molecular weight is 303 g/mol. The fourth-order valence-corrected chi connectivity index (χ4v) is 1.68. The maximum atomic E-state index is 13.8. The average Bonchev–Trinajstić information content (AvgIpc) is 2.42. The van der Waals surface area contributed by atoms with Crippen molar-refractivity contribution in [2.45, 2.75) is 6.67 Å². The summed E-state index contributed by atoms with van der Waals surface area (Å²) < 4.78 is 39.6. The lowest BCUT2D eigenvalue weighted by Gasteiger charge is -2.06. The lowest BCUT2D eigenvalue weighted by atomic mass is 10.1. The van der Waals surface area contributed by atoms with Gasteiger partial charge < -0.3 is 5.11 Å². The molecule has 0 aliphatic heterocycles. The number of carboxylic acid groups (broad SMARTS) is 1. The SMILES string of the molecule is O=C(O)c1nc(-c2ccc(CF)c(F)c2F)ncc1Cl. The molecule has 0 radical (unpaired) electrons. The van der Waals surface area contributed by atoms with Crippen LogP contribution in [0.25, 0.3) is 11.4 Å². The quantitative estimate of drug-likeness (QED) is 0.945. The van der Waals surface area contributed by atoms with Crippen LogP contribution in [-0.4, -0.2) is 21.0 Å². The highest BCUT2D eigenvalue weighted by Gasteiger charge is 2.19. The lowest BCUT2D eigenvalue weighted by Crippen LogP contribution is -2.05. The van der Waals surface area contributed by atoms with Crippen LogP contribution in [0.4, 0.5) is 13.2 Å². The smallest absolute Gasteiger partial charge is 0.356 e. The summed E-state index contributed by atoms with van der Waals surface area (Å²) in [5, 5.41) is 8.62. The van der Waals surface area contributed by atoms with Gasteiger partial charge in [-0.25, -0.2) is 27.9 Å². The molecule has 1 aromatic heterocycles. The summed E-state index contributed by atoms with van der Waals surface area (Å²) in [5.74, 6) is -4.49. The van der Waals surface area contributed by atoms with Crippen LogP contribution in [-0.2, 0) is 6.67 Å². The van der Waals surface area contributed by atoms with Crippen molar-refractivity contribution in [2.75, 3.05) is 0 Å². The molecule has 104 valence electrons. The molecule has 1 N–H and O–H groups in total. The van der Waals surface area contributed by atoms with E-state index in [0.29, 0.717) is 0 Å². The van der Waals surface area contributed by atoms with Gasteiger partial charge in [-0.05, 0) is 6.07 Å². The first-order chi connectivity index (χ1) is 9.45. The normalized spacial score (nSPS) is 10.6. The molecule has 0 saturated heterocycles. The zero-order valence-corrected chi connectivity index (χ0v) is 10.5. The number of benzene rings is 1. The highest BCUT2D eigenvalue weighted by atomic mass is 35.5. The number of nitrogens with zero attached hydrogens (tertiary/aromatic N) is 2. The summed E-state index contributed by atoms with van der Waals surface area (Å²) in [6.07, 6.45) is 0.966. The first-order valence-electron chi connectivity index (χ1n) is 5.24. The Bertz CT molecular complexity index is 695. The summed E-state index contributed by atoms with van der Waals surface area (Å²) in [5.41, 5.74) is -1.36. The molecule has 2 rings (SSSR count). The molecule has 0 unspecified atom stereocenters. The molecule has 1 aromatic carbocycles. The van der Waals surface area contributed by atoms with Gasteiger partial charge in [0.1, 0.15) is 6.67 Å². The van der Waals surface area contributed by atoms with E-state index in [0.717, 1.165) is 18.3 Å². The van der Waals surface area contributed by atoms with E-state index in [-0.39, 0.29) is 16.4 Å². The molecule has 1 heterocycles. The minimum atomic E-state index is -1.43. The Kier molecular flexibility index (Phi) is 3.89. The van der Waals surface area contributed by atoms with Crippen molar-refractivity contribution >= 4 is 17.6 Å². The first kappa shape index (κ1) is 14.3. The van der Waals surface area contributed by atoms with Gasteiger partial charge in [0.2, 0.25) is 0 Å². The standard InChI is InChI=1S/C12H6ClF3N2O2/c13-7-4-17-11(18-10(7)12(19)20)6-2-1-5(3-14)8(15)9(6)16/h1-2,4H,3H2,(H,19,20). The van der Waals surface area contributed by atoms with Gasteiger partial charge in [0.25, 0.3) is 0 Å². The molecule has 0 saturated carbocycles. The van der Waals surface area contributed by atoms with Crippen molar-refractivity contribution in [1.82, 2.24) is 9.97 Å². The first-order valence-corrected chi connectivity index (χ1v) is 5.62. The maximum absolute atomic E-state index is 13.8. The zero-order valence-electron chi connectivity index (χ0n) is 9.70. The molecule has 0 atom stereocenters. The van der Waals surface area contributed by atoms with Gasteiger partial charge in [0.05, 0.1) is 16.8 Å². The highest BCUT2D eigenvalue weighted by Crippen LogP contribution is 2.25. The number of aromatic nitrogens is 2. The fourth-order valence-electron chi connectivity index (χ4n) is 1.51. The van der Waals surface area contributed by atoms with Crippen LogP contribution >= 0.6 is 11.6 Å². The van der Waals surface area contributed by atoms with E-state index in [2.05, 4.69) is 9.97 Å². The van der Waals surface area contributed by atoms with Crippen LogP contribution in [0.15, 0.2) is 18.3 Å². The second kappa shape index (κ2) is 5.46. The Morgan fingerprint density at radius 1 is 1.30 bits per heavy atom. The van der Waals surface area contributed by atoms with Crippen LogP contribution in [0.2, 0.25) is 5.02 Å². The van der Waals surface area contributed by atoms with E-state index in [1.54, 1.807) is 0 Å². The third-order valence-electron chi connectivity index (χ3n) is 2.49. The fraction of sp³-hybridized carbons (Fsp3) is 0.0833. The van der Waals surface area contributed by atoms with Crippen LogP contribution in [0.5, 0.6) is 0 Å². The summed E-state index contributed by atoms with van der Waals surface area (Å²) in [4.78, 5) is 18.1. The minimum absolute atomic E-state index is 0.234. The molecule has 0 aliphatic carbocycles. The molecule has 0 fully saturated rings. The van der Waals surface area contributed by atoms with Gasteiger partial charge in [0, 0.05) is 5.56 Å². The van der Waals surface area contributed by atoms with Crippen molar-refractivity contribution in [1.29, 1.82) is 0 Å². The van der Waals surface area contributed by atoms with Crippen LogP contribution in [0.1, 0.15) is 16.1 Å². The molecule has 0 spiro atoms. The van der Waals surface area contributed by atoms with Gasteiger partial charge in [-0.3, -0.25) is 0 Å². The number of rotatable bonds is 3. The van der Waals surface area contributed by atoms with Gasteiger partial charge in [-0.1, -0.05) is 17.7 Å². The number of hydrogen-bond donors (Lipinski definition) is 1. The van der Waals surface area contributed by atoms with E-state index in [4.69, 9.17) is 16.7 Å². The number of alkyl halides is 1. The summed E-state index contributed by atoms with van der Waals surface area (Å²) in [6, 6.07) is 2.11. The monoisotopic (exact) mass is 302 g/mol. The summed E-state index contributed by atoms with van der Waals surface area (Å²) >= 11 is 5.57. The minimum Gasteiger partial charge on any atom is -0.476 e. The van der Waals surface area contributed by atoms with E-state index in [1.165, 1.54) is 0 Å². The summed E-state index contributed by atoms with van der Waals surface area (Å²) in [7, 11) is 0. The topological polar surface area (TPSA) is 63.1 Å².